The molecule has 30 heavy (non-hydrogen) atoms. The van der Waals surface area contributed by atoms with Gasteiger partial charge in [0.1, 0.15) is 0 Å². The standard InChI is InChI=1S/C24H30ClN5/c1-16(29-26)24-21-8-3-18(17-10-13-30(2)14-11-17)15-22(21)23(9-12-27-24)28-20-6-4-19(25)5-7-20/h3-8,15,17,23,28H,9-14,26H2,1-2H3. The normalized spacial score (nSPS) is 21.0. The summed E-state index contributed by atoms with van der Waals surface area (Å²) in [6.07, 6.45) is 3.32. The summed E-state index contributed by atoms with van der Waals surface area (Å²) >= 11 is 6.07. The molecule has 1 saturated heterocycles. The molecule has 2 aromatic carbocycles. The Bertz CT molecular complexity index is 943. The second-order valence-corrected chi connectivity index (χ2v) is 8.80. The Labute approximate surface area is 184 Å². The van der Waals surface area contributed by atoms with Crippen molar-refractivity contribution in [3.05, 3.63) is 64.2 Å². The van der Waals surface area contributed by atoms with Crippen molar-refractivity contribution in [3.8, 4) is 0 Å². The number of hydrazone groups is 1. The summed E-state index contributed by atoms with van der Waals surface area (Å²) in [5.41, 5.74) is 6.57. The molecule has 158 valence electrons. The van der Waals surface area contributed by atoms with Gasteiger partial charge in [0, 0.05) is 22.8 Å². The van der Waals surface area contributed by atoms with Crippen molar-refractivity contribution in [1.82, 2.24) is 4.90 Å². The van der Waals surface area contributed by atoms with E-state index in [0.717, 1.165) is 53.8 Å². The van der Waals surface area contributed by atoms with Gasteiger partial charge >= 0.3 is 0 Å². The number of hydrogen-bond donors (Lipinski definition) is 2. The van der Waals surface area contributed by atoms with Crippen LogP contribution in [-0.4, -0.2) is 43.0 Å². The Morgan fingerprint density at radius 3 is 2.57 bits per heavy atom. The molecule has 2 aliphatic rings. The molecule has 6 heteroatoms. The number of nitrogens with one attached hydrogen (secondary N) is 1. The molecule has 1 unspecified atom stereocenters. The van der Waals surface area contributed by atoms with E-state index in [4.69, 9.17) is 22.4 Å². The van der Waals surface area contributed by atoms with Crippen LogP contribution in [0.5, 0.6) is 0 Å². The van der Waals surface area contributed by atoms with Gasteiger partial charge in [-0.3, -0.25) is 4.99 Å². The number of piperidine rings is 1. The lowest BCUT2D eigenvalue weighted by Crippen LogP contribution is -2.29. The average molecular weight is 424 g/mol. The van der Waals surface area contributed by atoms with Gasteiger partial charge in [0.25, 0.3) is 0 Å². The molecule has 1 atom stereocenters. The van der Waals surface area contributed by atoms with Crippen LogP contribution in [0.1, 0.15) is 54.8 Å². The summed E-state index contributed by atoms with van der Waals surface area (Å²) in [4.78, 5) is 7.24. The summed E-state index contributed by atoms with van der Waals surface area (Å²) < 4.78 is 0. The van der Waals surface area contributed by atoms with E-state index >= 15 is 0 Å². The number of nitrogens with two attached hydrogens (primary N) is 1. The fourth-order valence-corrected chi connectivity index (χ4v) is 4.62. The Hall–Kier alpha value is -2.37. The van der Waals surface area contributed by atoms with Crippen molar-refractivity contribution in [2.75, 3.05) is 32.0 Å². The van der Waals surface area contributed by atoms with Gasteiger partial charge in [-0.2, -0.15) is 5.10 Å². The first-order valence-electron chi connectivity index (χ1n) is 10.7. The zero-order valence-corrected chi connectivity index (χ0v) is 18.5. The predicted molar refractivity (Wildman–Crippen MR) is 127 cm³/mol. The minimum atomic E-state index is 0.166. The van der Waals surface area contributed by atoms with Gasteiger partial charge in [0.05, 0.1) is 17.5 Å². The molecule has 0 bridgehead atoms. The van der Waals surface area contributed by atoms with Gasteiger partial charge in [0.15, 0.2) is 0 Å². The molecule has 0 amide bonds. The van der Waals surface area contributed by atoms with E-state index in [1.54, 1.807) is 0 Å². The molecular weight excluding hydrogens is 394 g/mol. The smallest absolute Gasteiger partial charge is 0.0879 e. The Kier molecular flexibility index (Phi) is 6.40. The van der Waals surface area contributed by atoms with E-state index in [1.165, 1.54) is 24.0 Å². The highest BCUT2D eigenvalue weighted by molar-refractivity contribution is 6.48. The number of anilines is 1. The van der Waals surface area contributed by atoms with E-state index < -0.39 is 0 Å². The molecule has 0 aromatic heterocycles. The highest BCUT2D eigenvalue weighted by atomic mass is 35.5. The van der Waals surface area contributed by atoms with Gasteiger partial charge in [-0.1, -0.05) is 29.8 Å². The lowest BCUT2D eigenvalue weighted by Gasteiger charge is -2.30. The number of hydrogen-bond acceptors (Lipinski definition) is 5. The van der Waals surface area contributed by atoms with Crippen LogP contribution in [0.15, 0.2) is 52.6 Å². The molecule has 4 rings (SSSR count). The molecule has 2 aliphatic heterocycles. The number of fused-ring (bicyclic) bond motifs is 1. The molecule has 2 heterocycles. The first-order chi connectivity index (χ1) is 14.5. The lowest BCUT2D eigenvalue weighted by molar-refractivity contribution is 0.255. The van der Waals surface area contributed by atoms with E-state index in [-0.39, 0.29) is 6.04 Å². The summed E-state index contributed by atoms with van der Waals surface area (Å²) in [7, 11) is 2.21. The summed E-state index contributed by atoms with van der Waals surface area (Å²) in [6, 6.07) is 15.0. The third kappa shape index (κ3) is 4.52. The first kappa shape index (κ1) is 20.9. The molecular formula is C24H30ClN5. The van der Waals surface area contributed by atoms with E-state index in [2.05, 4.69) is 40.6 Å². The minimum absolute atomic E-state index is 0.166. The fraction of sp³-hybridized carbons (Fsp3) is 0.417. The van der Waals surface area contributed by atoms with Gasteiger partial charge in [0.2, 0.25) is 0 Å². The highest BCUT2D eigenvalue weighted by Crippen LogP contribution is 2.34. The van der Waals surface area contributed by atoms with Crippen molar-refractivity contribution in [1.29, 1.82) is 0 Å². The highest BCUT2D eigenvalue weighted by Gasteiger charge is 2.25. The van der Waals surface area contributed by atoms with Gasteiger partial charge < -0.3 is 16.1 Å². The SMILES string of the molecule is CC(=NN)C1=NCCC(Nc2ccc(Cl)cc2)c2cc(C3CCN(C)CC3)ccc21. The van der Waals surface area contributed by atoms with Crippen LogP contribution < -0.4 is 11.2 Å². The third-order valence-corrected chi connectivity index (χ3v) is 6.56. The maximum absolute atomic E-state index is 6.07. The number of benzene rings is 2. The van der Waals surface area contributed by atoms with E-state index in [1.807, 2.05) is 31.2 Å². The lowest BCUT2D eigenvalue weighted by atomic mass is 9.85. The van der Waals surface area contributed by atoms with Gasteiger partial charge in [-0.05, 0) is 87.6 Å². The zero-order chi connectivity index (χ0) is 21.1. The Balaban J connectivity index is 1.71. The summed E-state index contributed by atoms with van der Waals surface area (Å²) in [5.74, 6) is 6.22. The third-order valence-electron chi connectivity index (χ3n) is 6.31. The maximum Gasteiger partial charge on any atom is 0.0879 e. The van der Waals surface area contributed by atoms with Crippen molar-refractivity contribution in [2.24, 2.45) is 15.9 Å². The van der Waals surface area contributed by atoms with Crippen molar-refractivity contribution in [3.63, 3.8) is 0 Å². The molecule has 0 radical (unpaired) electrons. The number of aliphatic imine (C=N–C) groups is 1. The molecule has 0 aliphatic carbocycles. The Morgan fingerprint density at radius 2 is 1.87 bits per heavy atom. The van der Waals surface area contributed by atoms with E-state index in [0.29, 0.717) is 5.92 Å². The van der Waals surface area contributed by atoms with E-state index in [9.17, 15) is 0 Å². The number of rotatable bonds is 4. The average Bonchev–Trinajstić information content (AvgIpc) is 2.94. The fourth-order valence-electron chi connectivity index (χ4n) is 4.49. The monoisotopic (exact) mass is 423 g/mol. The summed E-state index contributed by atoms with van der Waals surface area (Å²) in [6.45, 7) is 4.96. The van der Waals surface area contributed by atoms with Crippen LogP contribution >= 0.6 is 11.6 Å². The maximum atomic E-state index is 6.07. The predicted octanol–water partition coefficient (Wildman–Crippen LogP) is 4.83. The number of nitrogens with zero attached hydrogens (tertiary/aromatic N) is 3. The summed E-state index contributed by atoms with van der Waals surface area (Å²) in [5, 5.41) is 8.39. The quantitative estimate of drug-likeness (QED) is 0.420. The van der Waals surface area contributed by atoms with Crippen LogP contribution in [0.25, 0.3) is 0 Å². The minimum Gasteiger partial charge on any atom is -0.378 e. The molecule has 3 N–H and O–H groups in total. The number of halogens is 1. The van der Waals surface area contributed by atoms with Gasteiger partial charge in [-0.15, -0.1) is 0 Å². The molecule has 0 saturated carbocycles. The van der Waals surface area contributed by atoms with Crippen LogP contribution in [0.4, 0.5) is 5.69 Å². The number of likely N-dealkylation sites (tertiary alicyclic amines) is 1. The van der Waals surface area contributed by atoms with Crippen LogP contribution in [-0.2, 0) is 0 Å². The molecule has 2 aromatic rings. The van der Waals surface area contributed by atoms with Crippen molar-refractivity contribution >= 4 is 28.7 Å². The molecule has 5 nitrogen and oxygen atoms in total. The molecule has 1 fully saturated rings. The first-order valence-corrected chi connectivity index (χ1v) is 11.1. The Morgan fingerprint density at radius 1 is 1.13 bits per heavy atom. The van der Waals surface area contributed by atoms with Crippen LogP contribution in [0, 0.1) is 0 Å². The van der Waals surface area contributed by atoms with Crippen molar-refractivity contribution < 1.29 is 0 Å². The topological polar surface area (TPSA) is 66.0 Å². The van der Waals surface area contributed by atoms with Gasteiger partial charge in [-0.25, -0.2) is 0 Å². The van der Waals surface area contributed by atoms with Crippen LogP contribution in [0.2, 0.25) is 5.02 Å². The molecule has 0 spiro atoms. The largest absolute Gasteiger partial charge is 0.378 e. The van der Waals surface area contributed by atoms with Crippen molar-refractivity contribution in [2.45, 2.75) is 38.1 Å². The second kappa shape index (κ2) is 9.19. The van der Waals surface area contributed by atoms with Crippen LogP contribution in [0.3, 0.4) is 0 Å². The zero-order valence-electron chi connectivity index (χ0n) is 17.7. The second-order valence-electron chi connectivity index (χ2n) is 8.36.